The number of nitrogens with zero attached hydrogens (tertiary/aromatic N) is 2. The fraction of sp³-hybridized carbons (Fsp3) is 0.364. The van der Waals surface area contributed by atoms with Crippen LogP contribution in [-0.2, 0) is 4.74 Å². The molecule has 1 unspecified atom stereocenters. The quantitative estimate of drug-likeness (QED) is 0.838. The third-order valence-corrected chi connectivity index (χ3v) is 5.42. The molecule has 6 heteroatoms. The van der Waals surface area contributed by atoms with Crippen LogP contribution < -0.4 is 5.32 Å². The van der Waals surface area contributed by atoms with Crippen LogP contribution in [0.2, 0.25) is 0 Å². The smallest absolute Gasteiger partial charge is 0.256 e. The predicted molar refractivity (Wildman–Crippen MR) is 107 cm³/mol. The zero-order valence-electron chi connectivity index (χ0n) is 16.1. The van der Waals surface area contributed by atoms with Crippen molar-refractivity contribution >= 4 is 17.5 Å². The first-order valence-electron chi connectivity index (χ1n) is 9.74. The monoisotopic (exact) mass is 379 g/mol. The van der Waals surface area contributed by atoms with E-state index >= 15 is 0 Å². The molecule has 6 nitrogen and oxygen atoms in total. The van der Waals surface area contributed by atoms with Crippen molar-refractivity contribution in [1.29, 1.82) is 0 Å². The van der Waals surface area contributed by atoms with Crippen LogP contribution in [0.4, 0.5) is 5.69 Å². The summed E-state index contributed by atoms with van der Waals surface area (Å²) < 4.78 is 5.18. The highest BCUT2D eigenvalue weighted by Gasteiger charge is 2.36. The number of methoxy groups -OCH3 is 1. The summed E-state index contributed by atoms with van der Waals surface area (Å²) in [5, 5.41) is 3.45. The fourth-order valence-electron chi connectivity index (χ4n) is 3.92. The molecule has 2 aromatic carbocycles. The number of carbonyl (C=O) groups is 2. The molecule has 1 atom stereocenters. The van der Waals surface area contributed by atoms with E-state index in [0.717, 1.165) is 42.7 Å². The second-order valence-electron chi connectivity index (χ2n) is 7.20. The summed E-state index contributed by atoms with van der Waals surface area (Å²) in [6, 6.07) is 15.2. The first-order valence-corrected chi connectivity index (χ1v) is 9.74. The van der Waals surface area contributed by atoms with Gasteiger partial charge in [0.15, 0.2) is 0 Å². The zero-order chi connectivity index (χ0) is 19.5. The number of rotatable bonds is 6. The summed E-state index contributed by atoms with van der Waals surface area (Å²) in [6.07, 6.45) is 1.91. The topological polar surface area (TPSA) is 61.9 Å². The molecule has 0 spiro atoms. The largest absolute Gasteiger partial charge is 0.383 e. The lowest BCUT2D eigenvalue weighted by atomic mass is 10.1. The Kier molecular flexibility index (Phi) is 5.30. The molecule has 2 heterocycles. The number of likely N-dealkylation sites (tertiary alicyclic amines) is 1. The minimum absolute atomic E-state index is 0.00554. The van der Waals surface area contributed by atoms with Gasteiger partial charge in [-0.15, -0.1) is 0 Å². The van der Waals surface area contributed by atoms with E-state index in [4.69, 9.17) is 4.74 Å². The number of anilines is 1. The number of ether oxygens (including phenoxy) is 1. The van der Waals surface area contributed by atoms with Crippen LogP contribution >= 0.6 is 0 Å². The fourth-order valence-corrected chi connectivity index (χ4v) is 3.92. The maximum Gasteiger partial charge on any atom is 0.256 e. The molecule has 1 saturated heterocycles. The number of nitrogens with one attached hydrogen (secondary N) is 1. The molecule has 28 heavy (non-hydrogen) atoms. The van der Waals surface area contributed by atoms with Crippen molar-refractivity contribution in [3.05, 3.63) is 65.2 Å². The molecule has 0 aromatic heterocycles. The van der Waals surface area contributed by atoms with Crippen molar-refractivity contribution in [1.82, 2.24) is 9.80 Å². The average Bonchev–Trinajstić information content (AvgIpc) is 3.35. The van der Waals surface area contributed by atoms with E-state index in [1.165, 1.54) is 0 Å². The zero-order valence-corrected chi connectivity index (χ0v) is 16.1. The van der Waals surface area contributed by atoms with Crippen LogP contribution in [0, 0.1) is 0 Å². The number of hydrogen-bond donors (Lipinski definition) is 1. The molecule has 2 aliphatic rings. The van der Waals surface area contributed by atoms with Crippen molar-refractivity contribution in [3.63, 3.8) is 0 Å². The predicted octanol–water partition coefficient (Wildman–Crippen LogP) is 3.14. The van der Waals surface area contributed by atoms with Crippen molar-refractivity contribution in [2.24, 2.45) is 0 Å². The van der Waals surface area contributed by atoms with Crippen LogP contribution in [0.15, 0.2) is 48.5 Å². The Hall–Kier alpha value is -2.86. The minimum atomic E-state index is -0.251. The number of benzene rings is 2. The normalized spacial score (nSPS) is 18.5. The average molecular weight is 379 g/mol. The van der Waals surface area contributed by atoms with Crippen LogP contribution in [0.3, 0.4) is 0 Å². The van der Waals surface area contributed by atoms with E-state index in [9.17, 15) is 9.59 Å². The number of hydrogen-bond acceptors (Lipinski definition) is 4. The van der Waals surface area contributed by atoms with E-state index < -0.39 is 0 Å². The molecule has 2 aliphatic heterocycles. The molecule has 146 valence electrons. The highest BCUT2D eigenvalue weighted by molar-refractivity contribution is 5.99. The van der Waals surface area contributed by atoms with Crippen LogP contribution in [0.1, 0.15) is 45.3 Å². The molecule has 4 rings (SSSR count). The number of carbonyl (C=O) groups excluding carboxylic acids is 2. The molecule has 0 bridgehead atoms. The molecule has 2 amide bonds. The van der Waals surface area contributed by atoms with Crippen LogP contribution in [0.5, 0.6) is 0 Å². The number of fused-ring (bicyclic) bond motifs is 1. The van der Waals surface area contributed by atoms with Gasteiger partial charge in [-0.2, -0.15) is 0 Å². The van der Waals surface area contributed by atoms with Gasteiger partial charge >= 0.3 is 0 Å². The molecule has 1 N–H and O–H groups in total. The van der Waals surface area contributed by atoms with E-state index in [-0.39, 0.29) is 18.0 Å². The highest BCUT2D eigenvalue weighted by atomic mass is 16.5. The van der Waals surface area contributed by atoms with Gasteiger partial charge in [0, 0.05) is 49.1 Å². The Morgan fingerprint density at radius 3 is 2.54 bits per heavy atom. The SMILES string of the molecule is COCCN1C(=O)c2ccccc2C1Nc1ccc(C(=O)N2CCCC2)cc1. The van der Waals surface area contributed by atoms with Crippen molar-refractivity contribution in [2.75, 3.05) is 38.7 Å². The Bertz CT molecular complexity index is 860. The molecular weight excluding hydrogens is 354 g/mol. The molecule has 0 saturated carbocycles. The number of amides is 2. The summed E-state index contributed by atoms with van der Waals surface area (Å²) in [5.74, 6) is 0.0955. The highest BCUT2D eigenvalue weighted by Crippen LogP contribution is 2.34. The lowest BCUT2D eigenvalue weighted by Crippen LogP contribution is -2.35. The second-order valence-corrected chi connectivity index (χ2v) is 7.20. The summed E-state index contributed by atoms with van der Waals surface area (Å²) in [6.45, 7) is 2.66. The summed E-state index contributed by atoms with van der Waals surface area (Å²) in [4.78, 5) is 29.0. The maximum atomic E-state index is 12.8. The first kappa shape index (κ1) is 18.5. The van der Waals surface area contributed by atoms with Gasteiger partial charge in [0.2, 0.25) is 0 Å². The lowest BCUT2D eigenvalue weighted by Gasteiger charge is -2.27. The minimum Gasteiger partial charge on any atom is -0.383 e. The van der Waals surface area contributed by atoms with Gasteiger partial charge in [-0.25, -0.2) is 0 Å². The lowest BCUT2D eigenvalue weighted by molar-refractivity contribution is 0.0674. The standard InChI is InChI=1S/C22H25N3O3/c1-28-15-14-25-20(18-6-2-3-7-19(18)22(25)27)23-17-10-8-16(9-11-17)21(26)24-12-4-5-13-24/h2-3,6-11,20,23H,4-5,12-15H2,1H3. The van der Waals surface area contributed by atoms with E-state index in [2.05, 4.69) is 5.32 Å². The third kappa shape index (κ3) is 3.47. The summed E-state index contributed by atoms with van der Waals surface area (Å²) >= 11 is 0. The van der Waals surface area contributed by atoms with Gasteiger partial charge in [-0.1, -0.05) is 18.2 Å². The van der Waals surface area contributed by atoms with Gasteiger partial charge in [0.25, 0.3) is 11.8 Å². The molecule has 0 radical (unpaired) electrons. The van der Waals surface area contributed by atoms with Crippen molar-refractivity contribution < 1.29 is 14.3 Å². The first-order chi connectivity index (χ1) is 13.7. The molecule has 2 aromatic rings. The van der Waals surface area contributed by atoms with E-state index in [0.29, 0.717) is 18.7 Å². The van der Waals surface area contributed by atoms with Gasteiger partial charge in [0.05, 0.1) is 6.61 Å². The van der Waals surface area contributed by atoms with Crippen LogP contribution in [-0.4, -0.2) is 55.0 Å². The van der Waals surface area contributed by atoms with Gasteiger partial charge in [0.1, 0.15) is 6.17 Å². The Labute approximate surface area is 165 Å². The Balaban J connectivity index is 1.53. The van der Waals surface area contributed by atoms with Crippen molar-refractivity contribution in [3.8, 4) is 0 Å². The third-order valence-electron chi connectivity index (χ3n) is 5.42. The molecule has 0 aliphatic carbocycles. The van der Waals surface area contributed by atoms with Crippen molar-refractivity contribution in [2.45, 2.75) is 19.0 Å². The van der Waals surface area contributed by atoms with E-state index in [1.54, 1.807) is 12.0 Å². The summed E-state index contributed by atoms with van der Waals surface area (Å²) in [7, 11) is 1.63. The Morgan fingerprint density at radius 2 is 1.82 bits per heavy atom. The molecular formula is C22H25N3O3. The summed E-state index contributed by atoms with van der Waals surface area (Å²) in [5.41, 5.74) is 3.25. The maximum absolute atomic E-state index is 12.8. The van der Waals surface area contributed by atoms with Gasteiger partial charge in [-0.05, 0) is 43.2 Å². The van der Waals surface area contributed by atoms with Crippen LogP contribution in [0.25, 0.3) is 0 Å². The van der Waals surface area contributed by atoms with Gasteiger partial charge in [-0.3, -0.25) is 9.59 Å². The Morgan fingerprint density at radius 1 is 1.11 bits per heavy atom. The molecule has 1 fully saturated rings. The van der Waals surface area contributed by atoms with E-state index in [1.807, 2.05) is 53.4 Å². The second kappa shape index (κ2) is 8.02. The van der Waals surface area contributed by atoms with Gasteiger partial charge < -0.3 is 19.9 Å².